The van der Waals surface area contributed by atoms with Gasteiger partial charge in [-0.2, -0.15) is 0 Å². The van der Waals surface area contributed by atoms with Crippen LogP contribution in [0, 0.1) is 0 Å². The van der Waals surface area contributed by atoms with Gasteiger partial charge in [-0.15, -0.1) is 0 Å². The fourth-order valence-corrected chi connectivity index (χ4v) is 1.84. The Morgan fingerprint density at radius 2 is 2.50 bits per heavy atom. The molecule has 5 heteroatoms. The lowest BCUT2D eigenvalue weighted by Gasteiger charge is -2.31. The Balaban J connectivity index is 1.93. The molecule has 0 unspecified atom stereocenters. The van der Waals surface area contributed by atoms with Crippen LogP contribution in [0.15, 0.2) is 18.6 Å². The molecule has 5 nitrogen and oxygen atoms in total. The van der Waals surface area contributed by atoms with Crippen LogP contribution in [0.1, 0.15) is 19.8 Å². The van der Waals surface area contributed by atoms with Gasteiger partial charge in [0, 0.05) is 25.7 Å². The molecular weight excluding hydrogens is 206 g/mol. The summed E-state index contributed by atoms with van der Waals surface area (Å²) in [4.78, 5) is 20.9. The van der Waals surface area contributed by atoms with E-state index in [2.05, 4.69) is 9.97 Å². The Kier molecular flexibility index (Phi) is 3.34. The minimum atomic E-state index is 0.0487. The molecule has 2 heterocycles. The number of hydrogen-bond acceptors (Lipinski definition) is 4. The van der Waals surface area contributed by atoms with E-state index in [1.54, 1.807) is 19.2 Å². The minimum Gasteiger partial charge on any atom is -0.472 e. The number of nitrogens with zero attached hydrogens (tertiary/aromatic N) is 3. The lowest BCUT2D eigenvalue weighted by Crippen LogP contribution is -2.43. The highest BCUT2D eigenvalue weighted by Gasteiger charge is 2.22. The summed E-state index contributed by atoms with van der Waals surface area (Å²) in [6, 6.07) is 1.73. The quantitative estimate of drug-likeness (QED) is 0.743. The van der Waals surface area contributed by atoms with Gasteiger partial charge in [0.15, 0.2) is 0 Å². The van der Waals surface area contributed by atoms with E-state index in [0.717, 1.165) is 19.4 Å². The van der Waals surface area contributed by atoms with Crippen molar-refractivity contribution >= 4 is 5.91 Å². The molecular formula is C11H15N3O2. The van der Waals surface area contributed by atoms with Gasteiger partial charge in [-0.3, -0.25) is 4.79 Å². The Labute approximate surface area is 94.5 Å². The largest absolute Gasteiger partial charge is 0.472 e. The molecule has 0 aliphatic carbocycles. The predicted molar refractivity (Wildman–Crippen MR) is 57.9 cm³/mol. The van der Waals surface area contributed by atoms with Crippen molar-refractivity contribution in [2.45, 2.75) is 25.9 Å². The number of carbonyl (C=O) groups excluding carboxylic acids is 1. The molecule has 1 aromatic rings. The second-order valence-corrected chi connectivity index (χ2v) is 3.89. The normalized spacial score (nSPS) is 20.6. The third-order valence-electron chi connectivity index (χ3n) is 2.67. The number of piperidine rings is 1. The van der Waals surface area contributed by atoms with E-state index < -0.39 is 0 Å². The monoisotopic (exact) mass is 221 g/mol. The summed E-state index contributed by atoms with van der Waals surface area (Å²) in [7, 11) is 0. The van der Waals surface area contributed by atoms with Crippen LogP contribution < -0.4 is 4.74 Å². The standard InChI is InChI=1S/C11H15N3O2/c1-9(15)14-6-2-3-10(7-14)16-11-4-5-12-8-13-11/h4-5,8,10H,2-3,6-7H2,1H3/t10-/m0/s1. The number of aromatic nitrogens is 2. The third-order valence-corrected chi connectivity index (χ3v) is 2.67. The molecule has 86 valence electrons. The summed E-state index contributed by atoms with van der Waals surface area (Å²) in [5.41, 5.74) is 0. The molecule has 1 aromatic heterocycles. The van der Waals surface area contributed by atoms with Crippen molar-refractivity contribution in [3.8, 4) is 5.88 Å². The predicted octanol–water partition coefficient (Wildman–Crippen LogP) is 0.866. The number of amides is 1. The molecule has 0 spiro atoms. The Morgan fingerprint density at radius 3 is 3.19 bits per heavy atom. The van der Waals surface area contributed by atoms with Gasteiger partial charge < -0.3 is 9.64 Å². The van der Waals surface area contributed by atoms with Crippen LogP contribution in [0.3, 0.4) is 0 Å². The summed E-state index contributed by atoms with van der Waals surface area (Å²) >= 11 is 0. The first kappa shape index (κ1) is 10.9. The highest BCUT2D eigenvalue weighted by atomic mass is 16.5. The van der Waals surface area contributed by atoms with E-state index in [-0.39, 0.29) is 12.0 Å². The first-order valence-corrected chi connectivity index (χ1v) is 5.44. The van der Waals surface area contributed by atoms with E-state index in [0.29, 0.717) is 12.4 Å². The average molecular weight is 221 g/mol. The van der Waals surface area contributed by atoms with Gasteiger partial charge in [0.1, 0.15) is 12.4 Å². The topological polar surface area (TPSA) is 55.3 Å². The van der Waals surface area contributed by atoms with Crippen LogP contribution >= 0.6 is 0 Å². The number of rotatable bonds is 2. The van der Waals surface area contributed by atoms with Crippen molar-refractivity contribution < 1.29 is 9.53 Å². The molecule has 0 N–H and O–H groups in total. The van der Waals surface area contributed by atoms with E-state index >= 15 is 0 Å². The average Bonchev–Trinajstić information content (AvgIpc) is 2.30. The Bertz CT molecular complexity index is 356. The maximum atomic E-state index is 11.2. The van der Waals surface area contributed by atoms with Crippen molar-refractivity contribution in [2.75, 3.05) is 13.1 Å². The Hall–Kier alpha value is -1.65. The zero-order chi connectivity index (χ0) is 11.4. The number of likely N-dealkylation sites (tertiary alicyclic amines) is 1. The number of carbonyl (C=O) groups is 1. The lowest BCUT2D eigenvalue weighted by atomic mass is 10.1. The van der Waals surface area contributed by atoms with Gasteiger partial charge in [-0.25, -0.2) is 9.97 Å². The maximum Gasteiger partial charge on any atom is 0.219 e. The summed E-state index contributed by atoms with van der Waals surface area (Å²) in [5, 5.41) is 0. The lowest BCUT2D eigenvalue weighted by molar-refractivity contribution is -0.131. The molecule has 1 amide bonds. The van der Waals surface area contributed by atoms with Gasteiger partial charge in [-0.05, 0) is 12.8 Å². The Morgan fingerprint density at radius 1 is 1.62 bits per heavy atom. The summed E-state index contributed by atoms with van der Waals surface area (Å²) < 4.78 is 5.69. The van der Waals surface area contributed by atoms with Gasteiger partial charge in [-0.1, -0.05) is 0 Å². The molecule has 1 atom stereocenters. The van der Waals surface area contributed by atoms with Crippen molar-refractivity contribution in [3.63, 3.8) is 0 Å². The number of hydrogen-bond donors (Lipinski definition) is 0. The fourth-order valence-electron chi connectivity index (χ4n) is 1.84. The highest BCUT2D eigenvalue weighted by molar-refractivity contribution is 5.73. The number of ether oxygens (including phenoxy) is 1. The minimum absolute atomic E-state index is 0.0487. The first-order valence-electron chi connectivity index (χ1n) is 5.44. The molecule has 1 saturated heterocycles. The van der Waals surface area contributed by atoms with E-state index in [9.17, 15) is 4.79 Å². The summed E-state index contributed by atoms with van der Waals surface area (Å²) in [6.07, 6.45) is 5.10. The van der Waals surface area contributed by atoms with Crippen molar-refractivity contribution in [1.29, 1.82) is 0 Å². The molecule has 16 heavy (non-hydrogen) atoms. The zero-order valence-corrected chi connectivity index (χ0v) is 9.30. The van der Waals surface area contributed by atoms with Gasteiger partial charge in [0.25, 0.3) is 0 Å². The molecule has 1 aliphatic rings. The molecule has 0 bridgehead atoms. The van der Waals surface area contributed by atoms with Crippen molar-refractivity contribution in [2.24, 2.45) is 0 Å². The van der Waals surface area contributed by atoms with Crippen LogP contribution in [-0.4, -0.2) is 40.0 Å². The summed E-state index contributed by atoms with van der Waals surface area (Å²) in [5.74, 6) is 0.682. The van der Waals surface area contributed by atoms with E-state index in [1.165, 1.54) is 6.33 Å². The highest BCUT2D eigenvalue weighted by Crippen LogP contribution is 2.15. The molecule has 1 fully saturated rings. The van der Waals surface area contributed by atoms with Gasteiger partial charge in [0.05, 0.1) is 6.54 Å². The van der Waals surface area contributed by atoms with Crippen LogP contribution in [0.2, 0.25) is 0 Å². The SMILES string of the molecule is CC(=O)N1CCC[C@H](Oc2ccncn2)C1. The zero-order valence-electron chi connectivity index (χ0n) is 9.30. The van der Waals surface area contributed by atoms with E-state index in [1.807, 2.05) is 4.90 Å². The van der Waals surface area contributed by atoms with Crippen molar-refractivity contribution in [3.05, 3.63) is 18.6 Å². The maximum absolute atomic E-state index is 11.2. The van der Waals surface area contributed by atoms with Crippen LogP contribution in [0.4, 0.5) is 0 Å². The van der Waals surface area contributed by atoms with Gasteiger partial charge in [0.2, 0.25) is 11.8 Å². The van der Waals surface area contributed by atoms with Gasteiger partial charge >= 0.3 is 0 Å². The smallest absolute Gasteiger partial charge is 0.219 e. The first-order chi connectivity index (χ1) is 7.75. The molecule has 0 saturated carbocycles. The van der Waals surface area contributed by atoms with Crippen LogP contribution in [0.5, 0.6) is 5.88 Å². The fraction of sp³-hybridized carbons (Fsp3) is 0.545. The molecule has 2 rings (SSSR count). The van der Waals surface area contributed by atoms with E-state index in [4.69, 9.17) is 4.74 Å². The second-order valence-electron chi connectivity index (χ2n) is 3.89. The third kappa shape index (κ3) is 2.68. The molecule has 0 radical (unpaired) electrons. The van der Waals surface area contributed by atoms with Crippen LogP contribution in [0.25, 0.3) is 0 Å². The summed E-state index contributed by atoms with van der Waals surface area (Å²) in [6.45, 7) is 3.07. The van der Waals surface area contributed by atoms with Crippen LogP contribution in [-0.2, 0) is 4.79 Å². The molecule has 1 aliphatic heterocycles. The van der Waals surface area contributed by atoms with Crippen molar-refractivity contribution in [1.82, 2.24) is 14.9 Å². The second kappa shape index (κ2) is 4.92. The molecule has 0 aromatic carbocycles.